The van der Waals surface area contributed by atoms with E-state index in [1.807, 2.05) is 16.4 Å². The predicted molar refractivity (Wildman–Crippen MR) is 85.0 cm³/mol. The van der Waals surface area contributed by atoms with Gasteiger partial charge in [0, 0.05) is 31.2 Å². The molecule has 0 aromatic carbocycles. The number of nitrogens with zero attached hydrogens (tertiary/aromatic N) is 5. The molecule has 0 aliphatic carbocycles. The number of likely N-dealkylation sites (N-methyl/N-ethyl adjacent to an activating group) is 1. The lowest BCUT2D eigenvalue weighted by atomic mass is 10.2. The highest BCUT2D eigenvalue weighted by atomic mass is 32.1. The molecule has 0 amide bonds. The molecule has 0 spiro atoms. The highest BCUT2D eigenvalue weighted by molar-refractivity contribution is 7.07. The summed E-state index contributed by atoms with van der Waals surface area (Å²) in [5, 5.41) is 13.8. The van der Waals surface area contributed by atoms with Crippen molar-refractivity contribution in [1.82, 2.24) is 30.2 Å². The molecule has 0 atom stereocenters. The normalized spacial score (nSPS) is 11.7. The molecule has 6 nitrogen and oxygen atoms in total. The molecule has 0 radical (unpaired) electrons. The third kappa shape index (κ3) is 5.91. The van der Waals surface area contributed by atoms with Crippen LogP contribution in [-0.2, 0) is 19.6 Å². The molecule has 2 rings (SSSR count). The summed E-state index contributed by atoms with van der Waals surface area (Å²) in [6.07, 6.45) is 2.02. The number of hydrogen-bond acceptors (Lipinski definition) is 6. The number of thiazole rings is 1. The van der Waals surface area contributed by atoms with E-state index in [4.69, 9.17) is 0 Å². The van der Waals surface area contributed by atoms with Crippen molar-refractivity contribution in [2.24, 2.45) is 5.92 Å². The average molecular weight is 308 g/mol. The zero-order valence-corrected chi connectivity index (χ0v) is 13.8. The average Bonchev–Trinajstić information content (AvgIpc) is 3.07. The summed E-state index contributed by atoms with van der Waals surface area (Å²) in [5.41, 5.74) is 3.99. The van der Waals surface area contributed by atoms with Crippen LogP contribution in [-0.4, -0.2) is 45.0 Å². The molecule has 0 aliphatic heterocycles. The molecule has 7 heteroatoms. The Kier molecular flexibility index (Phi) is 6.28. The zero-order valence-electron chi connectivity index (χ0n) is 13.0. The van der Waals surface area contributed by atoms with Crippen molar-refractivity contribution in [2.45, 2.75) is 33.5 Å². The standard InChI is InChI=1S/C14H24N6S/c1-12(2)6-15-7-13-9-20(18-17-13)5-4-19(3)8-14-10-21-11-16-14/h9-12,15H,4-8H2,1-3H3. The Morgan fingerprint density at radius 3 is 2.95 bits per heavy atom. The first-order valence-electron chi connectivity index (χ1n) is 7.29. The van der Waals surface area contributed by atoms with Gasteiger partial charge in [0.1, 0.15) is 0 Å². The van der Waals surface area contributed by atoms with Crippen molar-refractivity contribution >= 4 is 11.3 Å². The Morgan fingerprint density at radius 1 is 1.38 bits per heavy atom. The van der Waals surface area contributed by atoms with Crippen molar-refractivity contribution < 1.29 is 0 Å². The van der Waals surface area contributed by atoms with E-state index < -0.39 is 0 Å². The van der Waals surface area contributed by atoms with Gasteiger partial charge in [0.15, 0.2) is 0 Å². The van der Waals surface area contributed by atoms with Gasteiger partial charge in [-0.25, -0.2) is 4.98 Å². The summed E-state index contributed by atoms with van der Waals surface area (Å²) >= 11 is 1.64. The van der Waals surface area contributed by atoms with E-state index in [9.17, 15) is 0 Å². The number of hydrogen-bond donors (Lipinski definition) is 1. The molecule has 0 aliphatic rings. The molecular weight excluding hydrogens is 284 g/mol. The predicted octanol–water partition coefficient (Wildman–Crippen LogP) is 1.61. The van der Waals surface area contributed by atoms with Gasteiger partial charge in [0.25, 0.3) is 0 Å². The maximum absolute atomic E-state index is 4.30. The first-order valence-corrected chi connectivity index (χ1v) is 8.23. The van der Waals surface area contributed by atoms with Crippen molar-refractivity contribution in [3.8, 4) is 0 Å². The quantitative estimate of drug-likeness (QED) is 0.763. The van der Waals surface area contributed by atoms with Crippen molar-refractivity contribution in [2.75, 3.05) is 20.1 Å². The third-order valence-corrected chi connectivity index (χ3v) is 3.71. The zero-order chi connectivity index (χ0) is 15.1. The Bertz CT molecular complexity index is 507. The van der Waals surface area contributed by atoms with Crippen LogP contribution in [0.3, 0.4) is 0 Å². The van der Waals surface area contributed by atoms with Crippen LogP contribution in [0.4, 0.5) is 0 Å². The number of rotatable bonds is 9. The van der Waals surface area contributed by atoms with Crippen LogP contribution in [0.15, 0.2) is 17.1 Å². The van der Waals surface area contributed by atoms with Gasteiger partial charge in [0.2, 0.25) is 0 Å². The summed E-state index contributed by atoms with van der Waals surface area (Å²) in [5.74, 6) is 0.652. The second kappa shape index (κ2) is 8.21. The van der Waals surface area contributed by atoms with Crippen LogP contribution in [0.1, 0.15) is 25.2 Å². The van der Waals surface area contributed by atoms with Gasteiger partial charge in [-0.1, -0.05) is 19.1 Å². The van der Waals surface area contributed by atoms with Gasteiger partial charge >= 0.3 is 0 Å². The van der Waals surface area contributed by atoms with Gasteiger partial charge in [-0.05, 0) is 19.5 Å². The van der Waals surface area contributed by atoms with E-state index in [2.05, 4.69) is 51.8 Å². The van der Waals surface area contributed by atoms with Crippen LogP contribution in [0.2, 0.25) is 0 Å². The maximum Gasteiger partial charge on any atom is 0.0964 e. The van der Waals surface area contributed by atoms with E-state index in [0.29, 0.717) is 5.92 Å². The first kappa shape index (κ1) is 16.1. The van der Waals surface area contributed by atoms with Crippen LogP contribution in [0, 0.1) is 5.92 Å². The summed E-state index contributed by atoms with van der Waals surface area (Å²) in [4.78, 5) is 6.54. The fourth-order valence-corrected chi connectivity index (χ4v) is 2.51. The van der Waals surface area contributed by atoms with Gasteiger partial charge in [-0.15, -0.1) is 16.4 Å². The second-order valence-electron chi connectivity index (χ2n) is 5.72. The third-order valence-electron chi connectivity index (χ3n) is 3.07. The Balaban J connectivity index is 1.69. The lowest BCUT2D eigenvalue weighted by molar-refractivity contribution is 0.301. The molecule has 2 aromatic rings. The molecule has 21 heavy (non-hydrogen) atoms. The topological polar surface area (TPSA) is 58.9 Å². The maximum atomic E-state index is 4.30. The molecule has 1 N–H and O–H groups in total. The Morgan fingerprint density at radius 2 is 2.24 bits per heavy atom. The highest BCUT2D eigenvalue weighted by Gasteiger charge is 2.05. The minimum absolute atomic E-state index is 0.652. The molecule has 0 saturated carbocycles. The number of aromatic nitrogens is 4. The van der Waals surface area contributed by atoms with E-state index in [1.54, 1.807) is 11.3 Å². The van der Waals surface area contributed by atoms with E-state index in [0.717, 1.165) is 44.1 Å². The fourth-order valence-electron chi connectivity index (χ4n) is 1.96. The van der Waals surface area contributed by atoms with Crippen LogP contribution in [0.25, 0.3) is 0 Å². The largest absolute Gasteiger partial charge is 0.311 e. The lowest BCUT2D eigenvalue weighted by Crippen LogP contribution is -2.23. The molecule has 0 fully saturated rings. The smallest absolute Gasteiger partial charge is 0.0964 e. The van der Waals surface area contributed by atoms with Crippen LogP contribution >= 0.6 is 11.3 Å². The molecule has 0 saturated heterocycles. The summed E-state index contributed by atoms with van der Waals surface area (Å²) in [6, 6.07) is 0. The van der Waals surface area contributed by atoms with Gasteiger partial charge in [0.05, 0.1) is 23.4 Å². The second-order valence-corrected chi connectivity index (χ2v) is 6.43. The van der Waals surface area contributed by atoms with Gasteiger partial charge in [-0.3, -0.25) is 9.58 Å². The van der Waals surface area contributed by atoms with E-state index in [-0.39, 0.29) is 0 Å². The Hall–Kier alpha value is -1.31. The molecular formula is C14H24N6S. The Labute approximate surface area is 130 Å². The SMILES string of the molecule is CC(C)CNCc1cn(CCN(C)Cc2cscn2)nn1. The van der Waals surface area contributed by atoms with Crippen molar-refractivity contribution in [3.63, 3.8) is 0 Å². The van der Waals surface area contributed by atoms with E-state index in [1.165, 1.54) is 0 Å². The summed E-state index contributed by atoms with van der Waals surface area (Å²) in [7, 11) is 2.10. The van der Waals surface area contributed by atoms with E-state index >= 15 is 0 Å². The number of nitrogens with one attached hydrogen (secondary N) is 1. The van der Waals surface area contributed by atoms with Crippen LogP contribution in [0.5, 0.6) is 0 Å². The lowest BCUT2D eigenvalue weighted by Gasteiger charge is -2.14. The molecule has 2 heterocycles. The molecule has 2 aromatic heterocycles. The molecule has 0 unspecified atom stereocenters. The minimum Gasteiger partial charge on any atom is -0.311 e. The van der Waals surface area contributed by atoms with Crippen molar-refractivity contribution in [1.29, 1.82) is 0 Å². The van der Waals surface area contributed by atoms with Crippen molar-refractivity contribution in [3.05, 3.63) is 28.5 Å². The summed E-state index contributed by atoms with van der Waals surface area (Å²) in [6.45, 7) is 8.83. The van der Waals surface area contributed by atoms with Gasteiger partial charge < -0.3 is 5.32 Å². The first-order chi connectivity index (χ1) is 10.1. The fraction of sp³-hybridized carbons (Fsp3) is 0.643. The monoisotopic (exact) mass is 308 g/mol. The van der Waals surface area contributed by atoms with Gasteiger partial charge in [-0.2, -0.15) is 0 Å². The van der Waals surface area contributed by atoms with Crippen LogP contribution < -0.4 is 5.32 Å². The minimum atomic E-state index is 0.652. The molecule has 0 bridgehead atoms. The molecule has 116 valence electrons. The summed E-state index contributed by atoms with van der Waals surface area (Å²) < 4.78 is 1.91. The highest BCUT2D eigenvalue weighted by Crippen LogP contribution is 2.04.